The van der Waals surface area contributed by atoms with E-state index in [9.17, 15) is 0 Å². The average molecular weight is 238 g/mol. The van der Waals surface area contributed by atoms with Crippen molar-refractivity contribution in [3.8, 4) is 5.88 Å². The first-order chi connectivity index (χ1) is 8.31. The lowest BCUT2D eigenvalue weighted by Crippen LogP contribution is -2.19. The Balaban J connectivity index is 1.96. The van der Waals surface area contributed by atoms with Crippen molar-refractivity contribution < 1.29 is 9.47 Å². The molecular formula is C13H22N2O2. The quantitative estimate of drug-likeness (QED) is 0.740. The lowest BCUT2D eigenvalue weighted by molar-refractivity contribution is 0.0658. The minimum Gasteiger partial charge on any atom is -0.476 e. The smallest absolute Gasteiger partial charge is 0.235 e. The highest BCUT2D eigenvalue weighted by Crippen LogP contribution is 2.24. The second-order valence-electron chi connectivity index (χ2n) is 4.64. The molecule has 17 heavy (non-hydrogen) atoms. The summed E-state index contributed by atoms with van der Waals surface area (Å²) in [6, 6.07) is 0.478. The van der Waals surface area contributed by atoms with E-state index in [-0.39, 0.29) is 0 Å². The molecule has 1 aliphatic rings. The van der Waals surface area contributed by atoms with Gasteiger partial charge in [-0.15, -0.1) is 5.10 Å². The lowest BCUT2D eigenvalue weighted by Gasteiger charge is -2.22. The Morgan fingerprint density at radius 2 is 2.24 bits per heavy atom. The molecule has 0 radical (unpaired) electrons. The molecule has 0 aliphatic carbocycles. The van der Waals surface area contributed by atoms with Gasteiger partial charge in [0.15, 0.2) is 0 Å². The molecule has 0 N–H and O–H groups in total. The number of unbranched alkanes of at least 4 members (excludes halogenated alkanes) is 1. The predicted octanol–water partition coefficient (Wildman–Crippen LogP) is 2.72. The van der Waals surface area contributed by atoms with Crippen LogP contribution in [0.4, 0.5) is 0 Å². The second-order valence-corrected chi connectivity index (χ2v) is 4.64. The van der Waals surface area contributed by atoms with Crippen molar-refractivity contribution in [2.45, 2.75) is 45.6 Å². The summed E-state index contributed by atoms with van der Waals surface area (Å²) in [5.41, 5.74) is 1.13. The molecule has 1 saturated heterocycles. The normalized spacial score (nSPS) is 17.3. The van der Waals surface area contributed by atoms with Crippen LogP contribution in [0.25, 0.3) is 0 Å². The standard InChI is InChI=1S/C13H22N2O2/c1-3-4-7-17-13-11(2)10-15(14-13)12-5-8-16-9-6-12/h10,12H,3-9H2,1-2H3. The van der Waals surface area contributed by atoms with Crippen molar-refractivity contribution in [1.29, 1.82) is 0 Å². The zero-order chi connectivity index (χ0) is 12.1. The molecule has 2 heterocycles. The first kappa shape index (κ1) is 12.4. The summed E-state index contributed by atoms with van der Waals surface area (Å²) in [6.45, 7) is 6.67. The van der Waals surface area contributed by atoms with Crippen LogP contribution in [-0.4, -0.2) is 29.6 Å². The largest absolute Gasteiger partial charge is 0.476 e. The number of aromatic nitrogens is 2. The first-order valence-corrected chi connectivity index (χ1v) is 6.57. The topological polar surface area (TPSA) is 36.3 Å². The van der Waals surface area contributed by atoms with Gasteiger partial charge in [-0.05, 0) is 26.2 Å². The number of ether oxygens (including phenoxy) is 2. The lowest BCUT2D eigenvalue weighted by atomic mass is 10.1. The summed E-state index contributed by atoms with van der Waals surface area (Å²) in [4.78, 5) is 0. The van der Waals surface area contributed by atoms with Crippen molar-refractivity contribution >= 4 is 0 Å². The summed E-state index contributed by atoms with van der Waals surface area (Å²) < 4.78 is 13.1. The molecule has 1 fully saturated rings. The maximum Gasteiger partial charge on any atom is 0.235 e. The van der Waals surface area contributed by atoms with Gasteiger partial charge in [0, 0.05) is 25.0 Å². The van der Waals surface area contributed by atoms with Crippen molar-refractivity contribution in [3.05, 3.63) is 11.8 Å². The molecule has 1 aliphatic heterocycles. The fraction of sp³-hybridized carbons (Fsp3) is 0.769. The van der Waals surface area contributed by atoms with Crippen molar-refractivity contribution in [2.24, 2.45) is 0 Å². The van der Waals surface area contributed by atoms with Crippen LogP contribution in [0.2, 0.25) is 0 Å². The van der Waals surface area contributed by atoms with Crippen molar-refractivity contribution in [2.75, 3.05) is 19.8 Å². The van der Waals surface area contributed by atoms with Crippen LogP contribution in [0.15, 0.2) is 6.20 Å². The van der Waals surface area contributed by atoms with E-state index in [0.717, 1.165) is 56.9 Å². The van der Waals surface area contributed by atoms with Crippen LogP contribution in [0, 0.1) is 6.92 Å². The number of nitrogens with zero attached hydrogens (tertiary/aromatic N) is 2. The number of hydrogen-bond acceptors (Lipinski definition) is 3. The maximum atomic E-state index is 5.69. The van der Waals surface area contributed by atoms with Gasteiger partial charge in [0.05, 0.1) is 12.6 Å². The van der Waals surface area contributed by atoms with Gasteiger partial charge in [-0.3, -0.25) is 4.68 Å². The SMILES string of the molecule is CCCCOc1nn(C2CCOCC2)cc1C. The Kier molecular flexibility index (Phi) is 4.42. The zero-order valence-corrected chi connectivity index (χ0v) is 10.8. The molecule has 0 amide bonds. The van der Waals surface area contributed by atoms with Crippen molar-refractivity contribution in [1.82, 2.24) is 9.78 Å². The maximum absolute atomic E-state index is 5.69. The molecule has 96 valence electrons. The zero-order valence-electron chi connectivity index (χ0n) is 10.8. The van der Waals surface area contributed by atoms with E-state index in [1.165, 1.54) is 0 Å². The molecule has 2 rings (SSSR count). The van der Waals surface area contributed by atoms with Crippen LogP contribution in [0.5, 0.6) is 5.88 Å². The Morgan fingerprint density at radius 3 is 2.94 bits per heavy atom. The average Bonchev–Trinajstić information content (AvgIpc) is 2.73. The van der Waals surface area contributed by atoms with Crippen LogP contribution in [0.3, 0.4) is 0 Å². The third-order valence-electron chi connectivity index (χ3n) is 3.17. The summed E-state index contributed by atoms with van der Waals surface area (Å²) >= 11 is 0. The molecule has 0 atom stereocenters. The second kappa shape index (κ2) is 6.05. The molecule has 1 aromatic heterocycles. The third kappa shape index (κ3) is 3.22. The molecule has 1 aromatic rings. The Morgan fingerprint density at radius 1 is 1.47 bits per heavy atom. The van der Waals surface area contributed by atoms with E-state index in [2.05, 4.69) is 29.8 Å². The summed E-state index contributed by atoms with van der Waals surface area (Å²) in [5.74, 6) is 0.796. The molecule has 0 spiro atoms. The Labute approximate surface area is 103 Å². The van der Waals surface area contributed by atoms with E-state index in [1.54, 1.807) is 0 Å². The van der Waals surface area contributed by atoms with E-state index < -0.39 is 0 Å². The molecule has 0 bridgehead atoms. The van der Waals surface area contributed by atoms with Gasteiger partial charge in [-0.2, -0.15) is 0 Å². The molecular weight excluding hydrogens is 216 g/mol. The number of aryl methyl sites for hydroxylation is 1. The van der Waals surface area contributed by atoms with Gasteiger partial charge in [-0.25, -0.2) is 0 Å². The fourth-order valence-electron chi connectivity index (χ4n) is 2.06. The summed E-state index contributed by atoms with van der Waals surface area (Å²) in [6.07, 6.45) is 6.44. The van der Waals surface area contributed by atoms with Crippen LogP contribution in [-0.2, 0) is 4.74 Å². The van der Waals surface area contributed by atoms with Gasteiger partial charge in [0.1, 0.15) is 0 Å². The van der Waals surface area contributed by atoms with Crippen LogP contribution in [0.1, 0.15) is 44.2 Å². The Hall–Kier alpha value is -1.03. The first-order valence-electron chi connectivity index (χ1n) is 6.57. The monoisotopic (exact) mass is 238 g/mol. The van der Waals surface area contributed by atoms with E-state index >= 15 is 0 Å². The van der Waals surface area contributed by atoms with Crippen LogP contribution >= 0.6 is 0 Å². The van der Waals surface area contributed by atoms with E-state index in [4.69, 9.17) is 9.47 Å². The van der Waals surface area contributed by atoms with Gasteiger partial charge in [0.25, 0.3) is 0 Å². The predicted molar refractivity (Wildman–Crippen MR) is 66.5 cm³/mol. The number of hydrogen-bond donors (Lipinski definition) is 0. The van der Waals surface area contributed by atoms with Crippen molar-refractivity contribution in [3.63, 3.8) is 0 Å². The molecule has 0 unspecified atom stereocenters. The van der Waals surface area contributed by atoms with Crippen LogP contribution < -0.4 is 4.74 Å². The molecule has 0 aromatic carbocycles. The number of rotatable bonds is 5. The minimum absolute atomic E-state index is 0.478. The highest BCUT2D eigenvalue weighted by Gasteiger charge is 2.18. The third-order valence-corrected chi connectivity index (χ3v) is 3.17. The van der Waals surface area contributed by atoms with E-state index in [1.807, 2.05) is 0 Å². The van der Waals surface area contributed by atoms with Gasteiger partial charge >= 0.3 is 0 Å². The summed E-state index contributed by atoms with van der Waals surface area (Å²) in [5, 5.41) is 4.54. The molecule has 4 nitrogen and oxygen atoms in total. The highest BCUT2D eigenvalue weighted by molar-refractivity contribution is 5.21. The van der Waals surface area contributed by atoms with E-state index in [0.29, 0.717) is 6.04 Å². The van der Waals surface area contributed by atoms with Gasteiger partial charge < -0.3 is 9.47 Å². The fourth-order valence-corrected chi connectivity index (χ4v) is 2.06. The molecule has 4 heteroatoms. The van der Waals surface area contributed by atoms with Gasteiger partial charge in [0.2, 0.25) is 5.88 Å². The summed E-state index contributed by atoms with van der Waals surface area (Å²) in [7, 11) is 0. The molecule has 0 saturated carbocycles. The Bertz CT molecular complexity index is 343. The minimum atomic E-state index is 0.478. The van der Waals surface area contributed by atoms with Gasteiger partial charge in [-0.1, -0.05) is 13.3 Å². The highest BCUT2D eigenvalue weighted by atomic mass is 16.5.